The quantitative estimate of drug-likeness (QED) is 0.0506. The highest BCUT2D eigenvalue weighted by molar-refractivity contribution is 5.89. The number of hydrogen-bond acceptors (Lipinski definition) is 13. The maximum absolute atomic E-state index is 11.4. The first-order chi connectivity index (χ1) is 31.9. The van der Waals surface area contributed by atoms with Gasteiger partial charge in [0.2, 0.25) is 0 Å². The summed E-state index contributed by atoms with van der Waals surface area (Å²) in [5.74, 6) is 2.27. The summed E-state index contributed by atoms with van der Waals surface area (Å²) in [5.41, 5.74) is 7.52. The number of benzene rings is 4. The Morgan fingerprint density at radius 2 is 1.85 bits per heavy atom. The van der Waals surface area contributed by atoms with Crippen LogP contribution in [0.2, 0.25) is 0 Å². The van der Waals surface area contributed by atoms with Gasteiger partial charge in [0.15, 0.2) is 17.6 Å². The van der Waals surface area contributed by atoms with Crippen molar-refractivity contribution >= 4 is 12.2 Å². The first-order valence-corrected chi connectivity index (χ1v) is 23.7. The van der Waals surface area contributed by atoms with Gasteiger partial charge in [-0.2, -0.15) is 0 Å². The summed E-state index contributed by atoms with van der Waals surface area (Å²) in [5, 5.41) is 66.8. The lowest BCUT2D eigenvalue weighted by Crippen LogP contribution is -2.56. The number of phenols is 2. The van der Waals surface area contributed by atoms with Gasteiger partial charge in [-0.3, -0.25) is 10.3 Å². The number of nitrogens with zero attached hydrogens (tertiary/aromatic N) is 1. The molecule has 5 aliphatic rings. The van der Waals surface area contributed by atoms with E-state index >= 15 is 0 Å². The monoisotopic (exact) mass is 902 g/mol. The van der Waals surface area contributed by atoms with Gasteiger partial charge in [-0.05, 0) is 133 Å². The van der Waals surface area contributed by atoms with Crippen LogP contribution in [0.25, 0.3) is 23.3 Å². The third-order valence-corrected chi connectivity index (χ3v) is 14.2. The van der Waals surface area contributed by atoms with Crippen LogP contribution in [0, 0.1) is 5.92 Å². The van der Waals surface area contributed by atoms with Crippen molar-refractivity contribution in [1.82, 2.24) is 16.0 Å². The van der Waals surface area contributed by atoms with Crippen molar-refractivity contribution in [2.45, 2.75) is 101 Å². The highest BCUT2D eigenvalue weighted by atomic mass is 16.6. The topological polar surface area (TPSA) is 187 Å². The Kier molecular flexibility index (Phi) is 13.2. The fraction of sp³-hybridized carbons (Fsp3) is 0.491. The third-order valence-electron chi connectivity index (χ3n) is 14.2. The number of ether oxygens (including phenoxy) is 4. The van der Waals surface area contributed by atoms with Crippen LogP contribution in [-0.2, 0) is 30.4 Å². The Hall–Kier alpha value is -4.99. The van der Waals surface area contributed by atoms with Gasteiger partial charge in [0, 0.05) is 61.0 Å². The van der Waals surface area contributed by atoms with Crippen LogP contribution in [-0.4, -0.2) is 103 Å². The molecular weight excluding hydrogens is 837 g/mol. The van der Waals surface area contributed by atoms with Gasteiger partial charge >= 0.3 is 0 Å². The Bertz CT molecular complexity index is 2630. The molecule has 0 aromatic heterocycles. The molecule has 6 unspecified atom stereocenters. The summed E-state index contributed by atoms with van der Waals surface area (Å²) in [6.07, 6.45) is 9.11. The molecule has 0 fully saturated rings. The van der Waals surface area contributed by atoms with Crippen LogP contribution in [0.4, 0.5) is 0 Å². The number of hydrogen-bond donors (Lipinski definition) is 8. The van der Waals surface area contributed by atoms with Crippen molar-refractivity contribution in [2.24, 2.45) is 10.9 Å². The van der Waals surface area contributed by atoms with Crippen molar-refractivity contribution in [3.05, 3.63) is 104 Å². The molecule has 6 atom stereocenters. The first-order valence-electron chi connectivity index (χ1n) is 23.7. The summed E-state index contributed by atoms with van der Waals surface area (Å²) in [7, 11) is 3.38. The van der Waals surface area contributed by atoms with Gasteiger partial charge in [0.05, 0.1) is 38.0 Å². The summed E-state index contributed by atoms with van der Waals surface area (Å²) in [6.45, 7) is 7.89. The number of aromatic hydroxyl groups is 2. The molecule has 3 aliphatic heterocycles. The predicted molar refractivity (Wildman–Crippen MR) is 254 cm³/mol. The molecule has 2 aliphatic carbocycles. The zero-order chi connectivity index (χ0) is 46.3. The molecule has 4 aromatic carbocycles. The highest BCUT2D eigenvalue weighted by Gasteiger charge is 2.51. The number of aliphatic hydroxyl groups is 3. The number of methoxy groups -OCH3 is 1. The molecular formula is C53H66N4O9. The maximum Gasteiger partial charge on any atom is 0.161 e. The lowest BCUT2D eigenvalue weighted by atomic mass is 9.64. The van der Waals surface area contributed by atoms with Crippen molar-refractivity contribution < 1.29 is 44.5 Å². The molecule has 13 heteroatoms. The normalized spacial score (nSPS) is 23.0. The van der Waals surface area contributed by atoms with Crippen molar-refractivity contribution in [3.63, 3.8) is 0 Å². The number of aliphatic hydroxyl groups excluding tert-OH is 2. The van der Waals surface area contributed by atoms with Gasteiger partial charge in [0.25, 0.3) is 0 Å². The van der Waals surface area contributed by atoms with Crippen LogP contribution in [0.5, 0.6) is 28.7 Å². The molecule has 0 bridgehead atoms. The second-order valence-electron chi connectivity index (χ2n) is 19.5. The van der Waals surface area contributed by atoms with Gasteiger partial charge in [-0.1, -0.05) is 44.2 Å². The van der Waals surface area contributed by atoms with E-state index < -0.39 is 23.4 Å². The van der Waals surface area contributed by atoms with E-state index in [1.54, 1.807) is 6.07 Å². The molecule has 0 radical (unpaired) electrons. The first kappa shape index (κ1) is 46.1. The second kappa shape index (κ2) is 19.0. The number of fused-ring (bicyclic) bond motifs is 8. The Labute approximate surface area is 387 Å². The van der Waals surface area contributed by atoms with Crippen molar-refractivity contribution in [1.29, 1.82) is 0 Å². The molecule has 352 valence electrons. The van der Waals surface area contributed by atoms with Gasteiger partial charge in [-0.15, -0.1) is 0 Å². The van der Waals surface area contributed by atoms with Gasteiger partial charge in [-0.25, -0.2) is 0 Å². The molecule has 4 aromatic rings. The van der Waals surface area contributed by atoms with Crippen molar-refractivity contribution in [3.8, 4) is 39.9 Å². The van der Waals surface area contributed by atoms with Gasteiger partial charge < -0.3 is 55.1 Å². The van der Waals surface area contributed by atoms with E-state index in [0.717, 1.165) is 60.8 Å². The smallest absolute Gasteiger partial charge is 0.161 e. The summed E-state index contributed by atoms with van der Waals surface area (Å²) < 4.78 is 27.3. The summed E-state index contributed by atoms with van der Waals surface area (Å²) >= 11 is 0. The molecule has 13 nitrogen and oxygen atoms in total. The standard InChI is InChI=1S/C53H66N4O9/c1-30(2)23-52(3,62)26-55-28-56-27-53(64-29-54-4)24-42-41-22-40-36(31-8-14-43-32(19-31)16-17-57-43)11-12-37-44(60)15-13-38(46(37)40)47(41)50-39(10-9-35(25-59)65-50)49(42)66-51(53)34-20-33(7-6-18-58)48(61)45(21-34)63-5/h8,11-16,19-21,30,35-36,40,51,54-56,58-62H,6-7,9-10,17-18,22-29H2,1-5H3. The van der Waals surface area contributed by atoms with E-state index in [1.165, 1.54) is 12.7 Å². The number of allylic oxidation sites excluding steroid dienone is 1. The lowest BCUT2D eigenvalue weighted by molar-refractivity contribution is -0.129. The molecule has 0 spiro atoms. The average molecular weight is 903 g/mol. The van der Waals surface area contributed by atoms with E-state index in [-0.39, 0.29) is 43.3 Å². The van der Waals surface area contributed by atoms with E-state index in [4.69, 9.17) is 18.9 Å². The predicted octanol–water partition coefficient (Wildman–Crippen LogP) is 4.79. The van der Waals surface area contributed by atoms with E-state index in [1.807, 2.05) is 32.2 Å². The average Bonchev–Trinajstić information content (AvgIpc) is 3.79. The van der Waals surface area contributed by atoms with Crippen molar-refractivity contribution in [2.75, 3.05) is 60.4 Å². The van der Waals surface area contributed by atoms with Crippen LogP contribution >= 0.6 is 0 Å². The molecule has 0 saturated carbocycles. The Balaban J connectivity index is 1.22. The number of rotatable bonds is 18. The Morgan fingerprint density at radius 3 is 2.62 bits per heavy atom. The van der Waals surface area contributed by atoms with Crippen LogP contribution in [0.15, 0.2) is 53.5 Å². The minimum absolute atomic E-state index is 0.00621. The van der Waals surface area contributed by atoms with Gasteiger partial charge in [0.1, 0.15) is 29.0 Å². The molecule has 0 amide bonds. The van der Waals surface area contributed by atoms with E-state index in [9.17, 15) is 25.5 Å². The summed E-state index contributed by atoms with van der Waals surface area (Å²) in [4.78, 5) is 4.66. The largest absolute Gasteiger partial charge is 0.507 e. The number of aryl methyl sites for hydroxylation is 1. The fourth-order valence-corrected chi connectivity index (χ4v) is 11.4. The maximum atomic E-state index is 11.4. The van der Waals surface area contributed by atoms with E-state index in [0.29, 0.717) is 94.2 Å². The second-order valence-corrected chi connectivity index (χ2v) is 19.5. The molecule has 0 saturated heterocycles. The number of phenolic OH excluding ortho intramolecular Hbond substituents is 2. The lowest BCUT2D eigenvalue weighted by Gasteiger charge is -2.48. The van der Waals surface area contributed by atoms with Crippen LogP contribution < -0.4 is 40.7 Å². The fourth-order valence-electron chi connectivity index (χ4n) is 11.4. The highest BCUT2D eigenvalue weighted by Crippen LogP contribution is 2.60. The Morgan fingerprint density at radius 1 is 1.00 bits per heavy atom. The van der Waals surface area contributed by atoms with Crippen LogP contribution in [0.3, 0.4) is 0 Å². The molecule has 8 N–H and O–H groups in total. The molecule has 9 rings (SSSR count). The molecule has 3 heterocycles. The SMILES string of the molecule is CNCOC1(CNCNCC(C)(O)CC(C)C)Cc2c3c(c4c(c2OC1c1cc(CCCO)c(O)c(OC)c1)CCC(CO)O4)-c1ccc(O)c2c1C(C3)C(c1ccc3c(c1)=CCN=3)C=C2. The third kappa shape index (κ3) is 8.59. The zero-order valence-electron chi connectivity index (χ0n) is 38.9. The van der Waals surface area contributed by atoms with Crippen LogP contribution in [0.1, 0.15) is 102 Å². The minimum Gasteiger partial charge on any atom is -0.507 e. The summed E-state index contributed by atoms with van der Waals surface area (Å²) in [6, 6.07) is 14.1. The number of nitrogens with one attached hydrogen (secondary N) is 3. The zero-order valence-corrected chi connectivity index (χ0v) is 38.9. The van der Waals surface area contributed by atoms with E-state index in [2.05, 4.69) is 71.2 Å². The molecule has 66 heavy (non-hydrogen) atoms. The minimum atomic E-state index is -1.05.